The molecule has 2 aromatic rings. The van der Waals surface area contributed by atoms with Gasteiger partial charge in [0.15, 0.2) is 11.6 Å². The van der Waals surface area contributed by atoms with Gasteiger partial charge in [-0.25, -0.2) is 22.9 Å². The van der Waals surface area contributed by atoms with Crippen LogP contribution in [0.25, 0.3) is 0 Å². The standard InChI is InChI=1S/C12H7F3N2O2/c13-7-2-1-3-8(14)10(7)17-11-9(15)6(12(18)19)4-5-16-11/h1-5H,(H,16,17)(H,18,19). The zero-order valence-corrected chi connectivity index (χ0v) is 9.32. The number of nitrogens with zero attached hydrogens (tertiary/aromatic N) is 1. The van der Waals surface area contributed by atoms with Gasteiger partial charge in [-0.3, -0.25) is 0 Å². The molecule has 1 aromatic carbocycles. The molecule has 2 N–H and O–H groups in total. The Bertz CT molecular complexity index is 627. The molecule has 1 heterocycles. The molecule has 2 rings (SSSR count). The number of rotatable bonds is 3. The van der Waals surface area contributed by atoms with Crippen molar-refractivity contribution in [1.29, 1.82) is 0 Å². The van der Waals surface area contributed by atoms with Crippen LogP contribution in [0.3, 0.4) is 0 Å². The number of benzene rings is 1. The van der Waals surface area contributed by atoms with Crippen LogP contribution in [0.4, 0.5) is 24.7 Å². The Hall–Kier alpha value is -2.57. The highest BCUT2D eigenvalue weighted by molar-refractivity contribution is 5.89. The van der Waals surface area contributed by atoms with Crippen molar-refractivity contribution >= 4 is 17.5 Å². The first kappa shape index (κ1) is 12.9. The monoisotopic (exact) mass is 268 g/mol. The Kier molecular flexibility index (Phi) is 3.37. The van der Waals surface area contributed by atoms with Crippen LogP contribution in [-0.4, -0.2) is 16.1 Å². The SMILES string of the molecule is O=C(O)c1ccnc(Nc2c(F)cccc2F)c1F. The maximum absolute atomic E-state index is 13.7. The van der Waals surface area contributed by atoms with Crippen LogP contribution in [0.2, 0.25) is 0 Å². The second-order valence-electron chi connectivity index (χ2n) is 3.55. The van der Waals surface area contributed by atoms with Crippen molar-refractivity contribution < 1.29 is 23.1 Å². The van der Waals surface area contributed by atoms with E-state index in [2.05, 4.69) is 10.3 Å². The van der Waals surface area contributed by atoms with E-state index in [0.29, 0.717) is 0 Å². The minimum absolute atomic E-state index is 0.566. The summed E-state index contributed by atoms with van der Waals surface area (Å²) in [6.07, 6.45) is 1.02. The Morgan fingerprint density at radius 1 is 1.16 bits per heavy atom. The molecule has 0 fully saturated rings. The van der Waals surface area contributed by atoms with E-state index in [-0.39, 0.29) is 0 Å². The molecule has 0 radical (unpaired) electrons. The number of hydrogen-bond acceptors (Lipinski definition) is 3. The number of halogens is 3. The molecule has 1 aromatic heterocycles. The van der Waals surface area contributed by atoms with Crippen molar-refractivity contribution in [3.8, 4) is 0 Å². The van der Waals surface area contributed by atoms with Gasteiger partial charge in [0, 0.05) is 6.20 Å². The summed E-state index contributed by atoms with van der Waals surface area (Å²) < 4.78 is 40.4. The van der Waals surface area contributed by atoms with Gasteiger partial charge in [0.25, 0.3) is 0 Å². The maximum Gasteiger partial charge on any atom is 0.338 e. The minimum Gasteiger partial charge on any atom is -0.478 e. The van der Waals surface area contributed by atoms with Gasteiger partial charge in [0.05, 0.1) is 0 Å². The summed E-state index contributed by atoms with van der Waals surface area (Å²) >= 11 is 0. The van der Waals surface area contributed by atoms with Crippen molar-refractivity contribution in [3.63, 3.8) is 0 Å². The zero-order chi connectivity index (χ0) is 14.0. The number of hydrogen-bond donors (Lipinski definition) is 2. The average Bonchev–Trinajstić information content (AvgIpc) is 2.35. The fourth-order valence-corrected chi connectivity index (χ4v) is 1.43. The third-order valence-corrected chi connectivity index (χ3v) is 2.33. The maximum atomic E-state index is 13.7. The molecule has 4 nitrogen and oxygen atoms in total. The molecule has 0 amide bonds. The molecule has 98 valence electrons. The second kappa shape index (κ2) is 4.97. The first-order valence-corrected chi connectivity index (χ1v) is 5.09. The fourth-order valence-electron chi connectivity index (χ4n) is 1.43. The van der Waals surface area contributed by atoms with E-state index in [1.807, 2.05) is 0 Å². The van der Waals surface area contributed by atoms with Crippen LogP contribution in [0.15, 0.2) is 30.5 Å². The van der Waals surface area contributed by atoms with Crippen molar-refractivity contribution in [1.82, 2.24) is 4.98 Å². The molecule has 0 atom stereocenters. The minimum atomic E-state index is -1.50. The largest absolute Gasteiger partial charge is 0.478 e. The second-order valence-corrected chi connectivity index (χ2v) is 3.55. The summed E-state index contributed by atoms with van der Waals surface area (Å²) in [6, 6.07) is 4.04. The van der Waals surface area contributed by atoms with Crippen molar-refractivity contribution in [2.75, 3.05) is 5.32 Å². The van der Waals surface area contributed by atoms with Crippen molar-refractivity contribution in [2.45, 2.75) is 0 Å². The van der Waals surface area contributed by atoms with Crippen LogP contribution in [0.1, 0.15) is 10.4 Å². The van der Waals surface area contributed by atoms with Gasteiger partial charge in [-0.15, -0.1) is 0 Å². The van der Waals surface area contributed by atoms with Crippen molar-refractivity contribution in [2.24, 2.45) is 0 Å². The number of anilines is 2. The summed E-state index contributed by atoms with van der Waals surface area (Å²) in [5.41, 5.74) is -1.24. The third kappa shape index (κ3) is 2.49. The van der Waals surface area contributed by atoms with E-state index < -0.39 is 40.5 Å². The van der Waals surface area contributed by atoms with Crippen LogP contribution in [-0.2, 0) is 0 Å². The number of para-hydroxylation sites is 1. The highest BCUT2D eigenvalue weighted by atomic mass is 19.1. The van der Waals surface area contributed by atoms with E-state index in [4.69, 9.17) is 5.11 Å². The average molecular weight is 268 g/mol. The molecule has 0 saturated carbocycles. The van der Waals surface area contributed by atoms with Gasteiger partial charge in [-0.05, 0) is 18.2 Å². The van der Waals surface area contributed by atoms with Gasteiger partial charge >= 0.3 is 5.97 Å². The summed E-state index contributed by atoms with van der Waals surface area (Å²) in [7, 11) is 0. The molecular formula is C12H7F3N2O2. The molecule has 0 aliphatic rings. The molecule has 0 unspecified atom stereocenters. The lowest BCUT2D eigenvalue weighted by atomic mass is 10.2. The zero-order valence-electron chi connectivity index (χ0n) is 9.32. The van der Waals surface area contributed by atoms with Gasteiger partial charge < -0.3 is 10.4 Å². The Labute approximate surface area is 105 Å². The highest BCUT2D eigenvalue weighted by Crippen LogP contribution is 2.24. The van der Waals surface area contributed by atoms with Gasteiger partial charge in [-0.1, -0.05) is 6.07 Å². The van der Waals surface area contributed by atoms with E-state index >= 15 is 0 Å². The van der Waals surface area contributed by atoms with Gasteiger partial charge in [0.2, 0.25) is 0 Å². The number of carboxylic acids is 1. The number of aromatic carboxylic acids is 1. The molecule has 19 heavy (non-hydrogen) atoms. The summed E-state index contributed by atoms with van der Waals surface area (Å²) in [5.74, 6) is -5.15. The van der Waals surface area contributed by atoms with Crippen LogP contribution in [0.5, 0.6) is 0 Å². The quantitative estimate of drug-likeness (QED) is 0.898. The molecule has 0 bridgehead atoms. The Morgan fingerprint density at radius 2 is 1.79 bits per heavy atom. The molecule has 0 saturated heterocycles. The van der Waals surface area contributed by atoms with Crippen LogP contribution < -0.4 is 5.32 Å². The number of pyridine rings is 1. The highest BCUT2D eigenvalue weighted by Gasteiger charge is 2.17. The van der Waals surface area contributed by atoms with Crippen LogP contribution >= 0.6 is 0 Å². The van der Waals surface area contributed by atoms with Crippen LogP contribution in [0, 0.1) is 17.5 Å². The van der Waals surface area contributed by atoms with Gasteiger partial charge in [-0.2, -0.15) is 0 Å². The lowest BCUT2D eigenvalue weighted by molar-refractivity contribution is 0.0692. The normalized spacial score (nSPS) is 10.3. The summed E-state index contributed by atoms with van der Waals surface area (Å²) in [6.45, 7) is 0. The number of carbonyl (C=O) groups is 1. The molecule has 7 heteroatoms. The van der Waals surface area contributed by atoms with E-state index in [1.165, 1.54) is 0 Å². The summed E-state index contributed by atoms with van der Waals surface area (Å²) in [5, 5.41) is 10.8. The predicted molar refractivity (Wildman–Crippen MR) is 60.8 cm³/mol. The Morgan fingerprint density at radius 3 is 2.37 bits per heavy atom. The number of nitrogens with one attached hydrogen (secondary N) is 1. The number of carboxylic acid groups (broad SMARTS) is 1. The molecule has 0 spiro atoms. The lowest BCUT2D eigenvalue weighted by Gasteiger charge is -2.09. The Balaban J connectivity index is 2.45. The predicted octanol–water partition coefficient (Wildman–Crippen LogP) is 2.94. The first-order chi connectivity index (χ1) is 9.00. The van der Waals surface area contributed by atoms with E-state index in [9.17, 15) is 18.0 Å². The lowest BCUT2D eigenvalue weighted by Crippen LogP contribution is -2.07. The van der Waals surface area contributed by atoms with E-state index in [1.54, 1.807) is 0 Å². The fraction of sp³-hybridized carbons (Fsp3) is 0. The third-order valence-electron chi connectivity index (χ3n) is 2.33. The van der Waals surface area contributed by atoms with E-state index in [0.717, 1.165) is 30.5 Å². The molecule has 0 aliphatic carbocycles. The topological polar surface area (TPSA) is 62.2 Å². The van der Waals surface area contributed by atoms with Crippen molar-refractivity contribution in [3.05, 3.63) is 53.5 Å². The first-order valence-electron chi connectivity index (χ1n) is 5.09. The number of aromatic nitrogens is 1. The smallest absolute Gasteiger partial charge is 0.338 e. The molecular weight excluding hydrogens is 261 g/mol. The summed E-state index contributed by atoms with van der Waals surface area (Å²) in [4.78, 5) is 14.2. The van der Waals surface area contributed by atoms with Gasteiger partial charge in [0.1, 0.15) is 22.9 Å². The molecule has 0 aliphatic heterocycles.